The molecule has 1 fully saturated rings. The number of nitrogens with one attached hydrogen (secondary N) is 2. The number of aliphatic imine (C=N–C) groups is 1. The summed E-state index contributed by atoms with van der Waals surface area (Å²) in [7, 11) is 0. The number of hydrogen-bond acceptors (Lipinski definition) is 8. The molecule has 0 aromatic rings. The molecular weight excluding hydrogens is 480 g/mol. The zero-order valence-electron chi connectivity index (χ0n) is 19.7. The molecular formula is C20H34N8O8. The lowest BCUT2D eigenvalue weighted by Crippen LogP contribution is -2.57. The molecule has 0 aromatic heterocycles. The van der Waals surface area contributed by atoms with Crippen molar-refractivity contribution in [2.24, 2.45) is 27.9 Å². The number of aliphatic carboxylic acids is 2. The van der Waals surface area contributed by atoms with Gasteiger partial charge in [0, 0.05) is 19.5 Å². The van der Waals surface area contributed by atoms with Crippen molar-refractivity contribution >= 4 is 41.5 Å². The molecule has 0 radical (unpaired) electrons. The Balaban J connectivity index is 2.96. The minimum Gasteiger partial charge on any atom is -0.481 e. The summed E-state index contributed by atoms with van der Waals surface area (Å²) < 4.78 is 0. The Morgan fingerprint density at radius 3 is 2.22 bits per heavy atom. The largest absolute Gasteiger partial charge is 0.481 e. The number of carboxylic acid groups (broad SMARTS) is 2. The molecule has 16 heteroatoms. The van der Waals surface area contributed by atoms with Crippen LogP contribution in [0.5, 0.6) is 0 Å². The van der Waals surface area contributed by atoms with Gasteiger partial charge in [-0.05, 0) is 32.1 Å². The summed E-state index contributed by atoms with van der Waals surface area (Å²) in [6.07, 6.45) is -0.0688. The highest BCUT2D eigenvalue weighted by Crippen LogP contribution is 2.19. The number of likely N-dealkylation sites (tertiary alicyclic amines) is 1. The molecule has 1 saturated heterocycles. The second-order valence-electron chi connectivity index (χ2n) is 8.31. The molecule has 36 heavy (non-hydrogen) atoms. The van der Waals surface area contributed by atoms with Crippen LogP contribution in [0.25, 0.3) is 0 Å². The quantitative estimate of drug-likeness (QED) is 0.0594. The van der Waals surface area contributed by atoms with Crippen molar-refractivity contribution in [1.29, 1.82) is 0 Å². The lowest BCUT2D eigenvalue weighted by atomic mass is 10.1. The van der Waals surface area contributed by atoms with Gasteiger partial charge in [-0.15, -0.1) is 0 Å². The fourth-order valence-corrected chi connectivity index (χ4v) is 3.63. The number of nitrogens with zero attached hydrogens (tertiary/aromatic N) is 2. The predicted octanol–water partition coefficient (Wildman–Crippen LogP) is -3.85. The Hall–Kier alpha value is -3.95. The molecule has 12 N–H and O–H groups in total. The van der Waals surface area contributed by atoms with Crippen LogP contribution in [0.15, 0.2) is 4.99 Å². The fraction of sp³-hybridized carbons (Fsp3) is 0.650. The zero-order valence-corrected chi connectivity index (χ0v) is 19.7. The third-order valence-corrected chi connectivity index (χ3v) is 5.42. The third kappa shape index (κ3) is 10.1. The number of amides is 4. The highest BCUT2D eigenvalue weighted by molar-refractivity contribution is 5.95. The molecule has 0 aliphatic carbocycles. The first-order valence-electron chi connectivity index (χ1n) is 11.3. The molecule has 4 atom stereocenters. The molecule has 1 rings (SSSR count). The van der Waals surface area contributed by atoms with Crippen molar-refractivity contribution in [3.63, 3.8) is 0 Å². The van der Waals surface area contributed by atoms with E-state index in [4.69, 9.17) is 28.0 Å². The van der Waals surface area contributed by atoms with Gasteiger partial charge < -0.3 is 48.7 Å². The van der Waals surface area contributed by atoms with Crippen molar-refractivity contribution in [1.82, 2.24) is 15.5 Å². The minimum absolute atomic E-state index is 0.00998. The van der Waals surface area contributed by atoms with Crippen molar-refractivity contribution in [2.45, 2.75) is 69.1 Å². The van der Waals surface area contributed by atoms with Crippen LogP contribution in [0.3, 0.4) is 0 Å². The first kappa shape index (κ1) is 30.1. The van der Waals surface area contributed by atoms with E-state index >= 15 is 0 Å². The summed E-state index contributed by atoms with van der Waals surface area (Å²) >= 11 is 0. The van der Waals surface area contributed by atoms with Crippen LogP contribution in [0.2, 0.25) is 0 Å². The van der Waals surface area contributed by atoms with Crippen molar-refractivity contribution in [2.75, 3.05) is 13.1 Å². The summed E-state index contributed by atoms with van der Waals surface area (Å²) in [5.41, 5.74) is 21.4. The molecule has 0 saturated carbocycles. The Bertz CT molecular complexity index is 876. The van der Waals surface area contributed by atoms with Gasteiger partial charge in [-0.25, -0.2) is 4.79 Å². The van der Waals surface area contributed by atoms with Crippen LogP contribution in [0, 0.1) is 0 Å². The van der Waals surface area contributed by atoms with Crippen LogP contribution >= 0.6 is 0 Å². The number of hydrogen-bond donors (Lipinski definition) is 8. The monoisotopic (exact) mass is 514 g/mol. The minimum atomic E-state index is -1.61. The number of nitrogens with two attached hydrogens (primary N) is 4. The summed E-state index contributed by atoms with van der Waals surface area (Å²) in [5.74, 6) is -5.86. The number of carbonyl (C=O) groups is 6. The van der Waals surface area contributed by atoms with E-state index in [9.17, 15) is 33.9 Å². The second kappa shape index (κ2) is 14.4. The van der Waals surface area contributed by atoms with Crippen LogP contribution < -0.4 is 33.6 Å². The maximum absolute atomic E-state index is 13.0. The highest BCUT2D eigenvalue weighted by atomic mass is 16.4. The lowest BCUT2D eigenvalue weighted by molar-refractivity contribution is -0.144. The number of rotatable bonds is 15. The first-order valence-corrected chi connectivity index (χ1v) is 11.3. The van der Waals surface area contributed by atoms with E-state index in [1.165, 1.54) is 4.90 Å². The number of primary amides is 1. The number of carbonyl (C=O) groups excluding carboxylic acids is 4. The average molecular weight is 515 g/mol. The van der Waals surface area contributed by atoms with E-state index < -0.39 is 66.2 Å². The molecule has 1 aliphatic rings. The smallest absolute Gasteiger partial charge is 0.326 e. The molecule has 0 spiro atoms. The van der Waals surface area contributed by atoms with Gasteiger partial charge in [-0.1, -0.05) is 0 Å². The molecule has 0 bridgehead atoms. The number of guanidine groups is 1. The second-order valence-corrected chi connectivity index (χ2v) is 8.31. The van der Waals surface area contributed by atoms with Gasteiger partial charge in [0.15, 0.2) is 5.96 Å². The predicted molar refractivity (Wildman–Crippen MR) is 125 cm³/mol. The number of carboxylic acids is 2. The van der Waals surface area contributed by atoms with Crippen molar-refractivity contribution < 1.29 is 39.0 Å². The van der Waals surface area contributed by atoms with E-state index in [2.05, 4.69) is 15.6 Å². The molecule has 1 aliphatic heterocycles. The molecule has 202 valence electrons. The Kier molecular flexibility index (Phi) is 12.1. The maximum atomic E-state index is 13.0. The summed E-state index contributed by atoms with van der Waals surface area (Å²) in [5, 5.41) is 22.8. The molecule has 4 unspecified atom stereocenters. The maximum Gasteiger partial charge on any atom is 0.326 e. The Morgan fingerprint density at radius 2 is 1.67 bits per heavy atom. The topological polar surface area (TPSA) is 287 Å². The Labute approximate surface area is 206 Å². The fourth-order valence-electron chi connectivity index (χ4n) is 3.63. The molecule has 16 nitrogen and oxygen atoms in total. The van der Waals surface area contributed by atoms with Gasteiger partial charge in [0.2, 0.25) is 23.6 Å². The first-order chi connectivity index (χ1) is 16.8. The third-order valence-electron chi connectivity index (χ3n) is 5.42. The van der Waals surface area contributed by atoms with E-state index in [1.807, 2.05) is 0 Å². The van der Waals surface area contributed by atoms with E-state index in [-0.39, 0.29) is 51.2 Å². The van der Waals surface area contributed by atoms with Gasteiger partial charge in [0.25, 0.3) is 0 Å². The van der Waals surface area contributed by atoms with Crippen molar-refractivity contribution in [3.8, 4) is 0 Å². The van der Waals surface area contributed by atoms with Gasteiger partial charge in [0.05, 0.1) is 12.5 Å². The van der Waals surface area contributed by atoms with Crippen LogP contribution in [0.1, 0.15) is 44.9 Å². The Morgan fingerprint density at radius 1 is 1.00 bits per heavy atom. The normalized spacial score (nSPS) is 17.4. The highest BCUT2D eigenvalue weighted by Gasteiger charge is 2.38. The van der Waals surface area contributed by atoms with Gasteiger partial charge in [-0.3, -0.25) is 29.0 Å². The zero-order chi connectivity index (χ0) is 27.4. The van der Waals surface area contributed by atoms with Crippen LogP contribution in [-0.4, -0.2) is 93.9 Å². The van der Waals surface area contributed by atoms with E-state index in [1.54, 1.807) is 0 Å². The average Bonchev–Trinajstić information content (AvgIpc) is 3.27. The standard InChI is InChI=1S/C20H34N8O8/c21-10(5-6-15(30)31)18(34)28-8-2-4-13(28)17(33)26-11(3-1-7-25-20(23)24)16(32)27-12(19(35)36)9-14(22)29/h10-13H,1-9,21H2,(H2,22,29)(H,26,33)(H,27,32)(H,30,31)(H,35,36)(H4,23,24,25). The molecule has 1 heterocycles. The summed E-state index contributed by atoms with van der Waals surface area (Å²) in [4.78, 5) is 76.9. The van der Waals surface area contributed by atoms with E-state index in [0.717, 1.165) is 0 Å². The van der Waals surface area contributed by atoms with Gasteiger partial charge in [-0.2, -0.15) is 0 Å². The van der Waals surface area contributed by atoms with Crippen molar-refractivity contribution in [3.05, 3.63) is 0 Å². The van der Waals surface area contributed by atoms with Crippen LogP contribution in [0.4, 0.5) is 0 Å². The van der Waals surface area contributed by atoms with Gasteiger partial charge in [0.1, 0.15) is 18.1 Å². The SMILES string of the molecule is NC(=O)CC(NC(=O)C(CCCN=C(N)N)NC(=O)C1CCCN1C(=O)C(N)CCC(=O)O)C(=O)O. The molecule has 0 aromatic carbocycles. The molecule has 4 amide bonds. The summed E-state index contributed by atoms with van der Waals surface area (Å²) in [6, 6.07) is -4.91. The summed E-state index contributed by atoms with van der Waals surface area (Å²) in [6.45, 7) is 0.344. The van der Waals surface area contributed by atoms with Crippen LogP contribution in [-0.2, 0) is 28.8 Å². The van der Waals surface area contributed by atoms with Gasteiger partial charge >= 0.3 is 11.9 Å². The van der Waals surface area contributed by atoms with E-state index in [0.29, 0.717) is 6.42 Å². The lowest BCUT2D eigenvalue weighted by Gasteiger charge is -2.28.